The highest BCUT2D eigenvalue weighted by molar-refractivity contribution is 7.47. The van der Waals surface area contributed by atoms with E-state index in [0.717, 1.165) is 38.5 Å². The van der Waals surface area contributed by atoms with Gasteiger partial charge in [-0.05, 0) is 25.2 Å². The number of nitrogen functional groups attached to an aromatic ring is 1. The molecule has 0 aromatic carbocycles. The summed E-state index contributed by atoms with van der Waals surface area (Å²) >= 11 is 0. The molecule has 6 N–H and O–H groups in total. The van der Waals surface area contributed by atoms with E-state index >= 15 is 0 Å². The second-order valence-corrected chi connectivity index (χ2v) is 21.4. The number of hydrogen-bond acceptors (Lipinski definition) is 11. The van der Waals surface area contributed by atoms with Gasteiger partial charge in [-0.15, -0.1) is 0 Å². The minimum absolute atomic E-state index is 0.0236. The fraction of sp³-hybridized carbons (Fsp3) is 0.915. The van der Waals surface area contributed by atoms with E-state index in [1.165, 1.54) is 154 Å². The molecular weight excluding hydrogens is 840 g/mol. The summed E-state index contributed by atoms with van der Waals surface area (Å²) in [5, 5.41) is 3.06. The van der Waals surface area contributed by atoms with Crippen molar-refractivity contribution in [1.29, 1.82) is 0 Å². The van der Waals surface area contributed by atoms with Gasteiger partial charge in [-0.2, -0.15) is 4.98 Å². The molecule has 63 heavy (non-hydrogen) atoms. The summed E-state index contributed by atoms with van der Waals surface area (Å²) in [4.78, 5) is 42.3. The summed E-state index contributed by atoms with van der Waals surface area (Å²) in [7, 11) is -8.69. The number of hydrogen-bond donors (Lipinski definition) is 5. The highest BCUT2D eigenvalue weighted by Gasteiger charge is 2.48. The van der Waals surface area contributed by atoms with Crippen LogP contribution in [0, 0.1) is 11.8 Å². The van der Waals surface area contributed by atoms with Crippen LogP contribution in [-0.2, 0) is 27.2 Å². The maximum atomic E-state index is 13.0. The summed E-state index contributed by atoms with van der Waals surface area (Å²) in [6.07, 6.45) is 40.2. The number of aromatic amines is 1. The molecule has 14 nitrogen and oxygen atoms in total. The van der Waals surface area contributed by atoms with E-state index in [4.69, 9.17) is 23.8 Å². The molecule has 16 heteroatoms. The average Bonchev–Trinajstić information content (AvgIpc) is 3.66. The van der Waals surface area contributed by atoms with Crippen LogP contribution in [0.25, 0.3) is 0 Å². The lowest BCUT2D eigenvalue weighted by Gasteiger charge is -2.48. The third-order valence-corrected chi connectivity index (χ3v) is 15.0. The normalized spacial score (nSPS) is 19.1. The zero-order valence-electron chi connectivity index (χ0n) is 39.7. The van der Waals surface area contributed by atoms with Crippen molar-refractivity contribution < 1.29 is 37.0 Å². The molecule has 0 bridgehead atoms. The number of nitrogens with zero attached hydrogens (tertiary/aromatic N) is 2. The van der Waals surface area contributed by atoms with Gasteiger partial charge in [0.15, 0.2) is 5.82 Å². The number of unbranched alkanes of at least 4 members (excludes halogenated alkanes) is 30. The number of fused-ring (bicyclic) bond motifs is 1. The van der Waals surface area contributed by atoms with Gasteiger partial charge in [0.05, 0.1) is 33.1 Å². The summed E-state index contributed by atoms with van der Waals surface area (Å²) in [5.74, 6) is -0.338. The van der Waals surface area contributed by atoms with Gasteiger partial charge in [-0.1, -0.05) is 206 Å². The first-order valence-corrected chi connectivity index (χ1v) is 28.7. The van der Waals surface area contributed by atoms with E-state index in [9.17, 15) is 23.7 Å². The van der Waals surface area contributed by atoms with Gasteiger partial charge < -0.3 is 25.7 Å². The first-order chi connectivity index (χ1) is 30.6. The first kappa shape index (κ1) is 55.8. The van der Waals surface area contributed by atoms with E-state index in [0.29, 0.717) is 30.8 Å². The third kappa shape index (κ3) is 24.7. The lowest BCUT2D eigenvalue weighted by Crippen LogP contribution is -2.55. The van der Waals surface area contributed by atoms with Crippen molar-refractivity contribution in [1.82, 2.24) is 9.97 Å². The molecule has 1 saturated carbocycles. The maximum Gasteiger partial charge on any atom is 0.472 e. The van der Waals surface area contributed by atoms with Gasteiger partial charge in [0, 0.05) is 12.0 Å². The zero-order chi connectivity index (χ0) is 45.4. The number of nitrogens with two attached hydrogens (primary N) is 1. The maximum absolute atomic E-state index is 13.0. The average molecular weight is 932 g/mol. The van der Waals surface area contributed by atoms with E-state index in [1.54, 1.807) is 0 Å². The standard InChI is InChI=1S/C47H91N5O9P2/c1-3-5-7-9-11-13-15-17-19-21-23-25-27-29-31-33-35-58-62(54,55)60-38-41-37-43(52-40-49-44-45(52)50-47(48)51-46(44)53)42(41)39-61-63(56,57)59-36-34-32-30-28-26-24-22-20-18-16-14-12-10-8-6-4-2/h41-43,49H,3-40H2,1-2H3,(H,54,55)(H,56,57)(H3,48,50,51,53). The Morgan fingerprint density at radius 3 is 1.35 bits per heavy atom. The zero-order valence-corrected chi connectivity index (χ0v) is 41.5. The smallest absolute Gasteiger partial charge is 0.369 e. The number of aromatic nitrogens is 2. The molecule has 0 saturated heterocycles. The van der Waals surface area contributed by atoms with Crippen LogP contribution in [0.3, 0.4) is 0 Å². The fourth-order valence-corrected chi connectivity index (χ4v) is 10.6. The number of H-pyrrole nitrogens is 1. The Balaban J connectivity index is 1.30. The number of phosphoric ester groups is 2. The van der Waals surface area contributed by atoms with Crippen LogP contribution in [-0.4, -0.2) is 58.9 Å². The molecule has 1 aromatic heterocycles. The van der Waals surface area contributed by atoms with Crippen molar-refractivity contribution in [2.75, 3.05) is 49.0 Å². The van der Waals surface area contributed by atoms with Crippen molar-refractivity contribution in [2.45, 2.75) is 232 Å². The lowest BCUT2D eigenvalue weighted by atomic mass is 9.69. The summed E-state index contributed by atoms with van der Waals surface area (Å²) in [6.45, 7) is 4.78. The molecule has 0 amide bonds. The first-order valence-electron chi connectivity index (χ1n) is 25.7. The van der Waals surface area contributed by atoms with Crippen LogP contribution < -0.4 is 21.5 Å². The summed E-state index contributed by atoms with van der Waals surface area (Å²) in [5.41, 5.74) is 5.76. The highest BCUT2D eigenvalue weighted by Crippen LogP contribution is 2.51. The minimum atomic E-state index is -4.37. The number of phosphoric acid groups is 2. The van der Waals surface area contributed by atoms with Crippen LogP contribution in [0.2, 0.25) is 0 Å². The molecule has 1 fully saturated rings. The number of rotatable bonds is 43. The van der Waals surface area contributed by atoms with Crippen molar-refractivity contribution in [3.8, 4) is 0 Å². The lowest BCUT2D eigenvalue weighted by molar-refractivity contribution is 0.0124. The molecule has 2 heterocycles. The molecule has 1 aliphatic heterocycles. The van der Waals surface area contributed by atoms with Gasteiger partial charge in [-0.25, -0.2) is 9.13 Å². The van der Waals surface area contributed by atoms with Crippen LogP contribution in [0.4, 0.5) is 17.5 Å². The summed E-state index contributed by atoms with van der Waals surface area (Å²) in [6, 6.07) is -0.273. The Morgan fingerprint density at radius 1 is 0.587 bits per heavy atom. The molecule has 0 radical (unpaired) electrons. The number of nitrogens with one attached hydrogen (secondary N) is 2. The van der Waals surface area contributed by atoms with E-state index in [1.807, 2.05) is 4.90 Å². The van der Waals surface area contributed by atoms with Crippen molar-refractivity contribution in [2.24, 2.45) is 11.8 Å². The summed E-state index contributed by atoms with van der Waals surface area (Å²) < 4.78 is 47.5. The Hall–Kier alpha value is -1.50. The SMILES string of the molecule is CCCCCCCCCCCCCCCCCCOP(=O)(O)OCC1CC(N2CNc3c2nc(N)[nH]c3=O)C1COP(=O)(O)OCCCCCCCCCCCCCCCCCC. The van der Waals surface area contributed by atoms with Gasteiger partial charge in [0.25, 0.3) is 5.56 Å². The fourth-order valence-electron chi connectivity index (χ4n) is 9.04. The Morgan fingerprint density at radius 2 is 0.952 bits per heavy atom. The third-order valence-electron chi connectivity index (χ3n) is 13.0. The monoisotopic (exact) mass is 932 g/mol. The minimum Gasteiger partial charge on any atom is -0.369 e. The second-order valence-electron chi connectivity index (χ2n) is 18.5. The molecule has 0 spiro atoms. The van der Waals surface area contributed by atoms with E-state index < -0.39 is 27.1 Å². The molecule has 2 aliphatic rings. The molecule has 1 aromatic rings. The Bertz CT molecular complexity index is 1470. The number of anilines is 3. The molecule has 5 atom stereocenters. The van der Waals surface area contributed by atoms with Crippen LogP contribution in [0.1, 0.15) is 226 Å². The largest absolute Gasteiger partial charge is 0.472 e. The predicted molar refractivity (Wildman–Crippen MR) is 258 cm³/mol. The molecule has 368 valence electrons. The van der Waals surface area contributed by atoms with Gasteiger partial charge in [0.1, 0.15) is 5.69 Å². The van der Waals surface area contributed by atoms with Crippen molar-refractivity contribution in [3.05, 3.63) is 10.4 Å². The van der Waals surface area contributed by atoms with Crippen LogP contribution in [0.5, 0.6) is 0 Å². The van der Waals surface area contributed by atoms with Crippen LogP contribution in [0.15, 0.2) is 4.79 Å². The van der Waals surface area contributed by atoms with Gasteiger partial charge in [-0.3, -0.25) is 27.9 Å². The Labute approximate surface area is 382 Å². The topological polar surface area (TPSA) is 199 Å². The van der Waals surface area contributed by atoms with Crippen molar-refractivity contribution in [3.63, 3.8) is 0 Å². The second kappa shape index (κ2) is 33.9. The quantitative estimate of drug-likeness (QED) is 0.0306. The van der Waals surface area contributed by atoms with E-state index in [2.05, 4.69) is 29.1 Å². The molecule has 3 rings (SSSR count). The molecule has 1 aliphatic carbocycles. The molecular formula is C47H91N5O9P2. The van der Waals surface area contributed by atoms with Crippen molar-refractivity contribution >= 4 is 33.1 Å². The molecule has 5 unspecified atom stereocenters. The predicted octanol–water partition coefficient (Wildman–Crippen LogP) is 13.3. The van der Waals surface area contributed by atoms with Gasteiger partial charge >= 0.3 is 15.6 Å². The highest BCUT2D eigenvalue weighted by atomic mass is 31.2. The van der Waals surface area contributed by atoms with E-state index in [-0.39, 0.29) is 51.0 Å². The van der Waals surface area contributed by atoms with Gasteiger partial charge in [0.2, 0.25) is 5.95 Å². The van der Waals surface area contributed by atoms with Crippen LogP contribution >= 0.6 is 15.6 Å². The Kier molecular flexibility index (Phi) is 30.0.